The molecule has 0 saturated heterocycles. The minimum Gasteiger partial charge on any atom is -0.473 e. The van der Waals surface area contributed by atoms with E-state index in [0.29, 0.717) is 0 Å². The molecule has 6 nitrogen and oxygen atoms in total. The van der Waals surface area contributed by atoms with Gasteiger partial charge >= 0.3 is 5.97 Å². The van der Waals surface area contributed by atoms with Gasteiger partial charge in [-0.05, 0) is 56.7 Å². The van der Waals surface area contributed by atoms with Crippen molar-refractivity contribution < 1.29 is 45.8 Å². The summed E-state index contributed by atoms with van der Waals surface area (Å²) >= 11 is 0. The van der Waals surface area contributed by atoms with Crippen LogP contribution in [0.15, 0.2) is 48.2 Å². The van der Waals surface area contributed by atoms with Gasteiger partial charge in [-0.3, -0.25) is 4.79 Å². The van der Waals surface area contributed by atoms with Gasteiger partial charge in [-0.25, -0.2) is 18.0 Å². The highest BCUT2D eigenvalue weighted by Gasteiger charge is 2.31. The summed E-state index contributed by atoms with van der Waals surface area (Å²) in [5.74, 6) is -14.4. The highest BCUT2D eigenvalue weighted by atomic mass is 19.2. The molecule has 0 aliphatic carbocycles. The third kappa shape index (κ3) is 5.43. The fourth-order valence-electron chi connectivity index (χ4n) is 3.86. The topological polar surface area (TPSA) is 65.1 Å². The number of fused-ring (bicyclic) bond motifs is 1. The van der Waals surface area contributed by atoms with E-state index in [0.717, 1.165) is 31.3 Å². The first-order valence-corrected chi connectivity index (χ1v) is 11.9. The molecule has 0 saturated carbocycles. The number of halogens is 5. The molecule has 1 atom stereocenters. The monoisotopic (exact) mass is 547 g/mol. The molecule has 1 aliphatic heterocycles. The summed E-state index contributed by atoms with van der Waals surface area (Å²) in [6, 6.07) is 11.4. The number of allylic oxidation sites excluding steroid dienone is 1. The number of rotatable bonds is 8. The molecule has 4 rings (SSSR count). The number of benzene rings is 3. The van der Waals surface area contributed by atoms with Crippen LogP contribution >= 0.6 is 0 Å². The van der Waals surface area contributed by atoms with Crippen LogP contribution in [-0.4, -0.2) is 30.9 Å². The SMILES string of the molecule is CCN(CC)c1ccc(/C=C2\Oc3cc(OC(=O)C(C)Oc4c(F)c(F)c(F)c(F)c4F)ccc3C2=O)cc1. The summed E-state index contributed by atoms with van der Waals surface area (Å²) in [4.78, 5) is 27.3. The Balaban J connectivity index is 1.46. The van der Waals surface area contributed by atoms with Gasteiger partial charge in [0.05, 0.1) is 5.56 Å². The van der Waals surface area contributed by atoms with E-state index in [9.17, 15) is 31.5 Å². The minimum atomic E-state index is -2.36. The van der Waals surface area contributed by atoms with Gasteiger partial charge in [-0.1, -0.05) is 12.1 Å². The number of esters is 1. The van der Waals surface area contributed by atoms with E-state index < -0.39 is 52.7 Å². The molecular formula is C28H22F5NO5. The zero-order valence-electron chi connectivity index (χ0n) is 21.0. The van der Waals surface area contributed by atoms with E-state index in [2.05, 4.69) is 9.64 Å². The quantitative estimate of drug-likeness (QED) is 0.0834. The smallest absolute Gasteiger partial charge is 0.352 e. The maximum Gasteiger partial charge on any atom is 0.352 e. The molecule has 0 aromatic heterocycles. The fourth-order valence-corrected chi connectivity index (χ4v) is 3.86. The van der Waals surface area contributed by atoms with E-state index in [1.54, 1.807) is 6.08 Å². The number of ketones is 1. The average Bonchev–Trinajstić information content (AvgIpc) is 3.24. The van der Waals surface area contributed by atoms with Crippen molar-refractivity contribution >= 4 is 23.5 Å². The molecule has 11 heteroatoms. The maximum atomic E-state index is 13.9. The van der Waals surface area contributed by atoms with Gasteiger partial charge in [0.25, 0.3) is 0 Å². The molecule has 3 aromatic rings. The second kappa shape index (κ2) is 11.1. The number of anilines is 1. The lowest BCUT2D eigenvalue weighted by atomic mass is 10.1. The zero-order chi connectivity index (χ0) is 28.4. The van der Waals surface area contributed by atoms with Crippen molar-refractivity contribution in [2.24, 2.45) is 0 Å². The molecule has 3 aromatic carbocycles. The molecule has 0 bridgehead atoms. The first-order chi connectivity index (χ1) is 18.5. The van der Waals surface area contributed by atoms with Gasteiger partial charge in [0.15, 0.2) is 17.6 Å². The highest BCUT2D eigenvalue weighted by molar-refractivity contribution is 6.14. The summed E-state index contributed by atoms with van der Waals surface area (Å²) in [5.41, 5.74) is 1.98. The second-order valence-corrected chi connectivity index (χ2v) is 8.44. The Labute approximate surface area is 220 Å². The summed E-state index contributed by atoms with van der Waals surface area (Å²) in [5, 5.41) is 0. The van der Waals surface area contributed by atoms with Crippen LogP contribution in [0.3, 0.4) is 0 Å². The summed E-state index contributed by atoms with van der Waals surface area (Å²) in [7, 11) is 0. The second-order valence-electron chi connectivity index (χ2n) is 8.44. The molecule has 39 heavy (non-hydrogen) atoms. The first-order valence-electron chi connectivity index (χ1n) is 11.9. The Morgan fingerprint density at radius 2 is 1.51 bits per heavy atom. The molecule has 0 spiro atoms. The number of hydrogen-bond acceptors (Lipinski definition) is 6. The maximum absolute atomic E-state index is 13.9. The van der Waals surface area contributed by atoms with Gasteiger partial charge < -0.3 is 19.1 Å². The molecule has 0 amide bonds. The summed E-state index contributed by atoms with van der Waals surface area (Å²) in [6.45, 7) is 6.80. The van der Waals surface area contributed by atoms with Crippen LogP contribution in [0.2, 0.25) is 0 Å². The Bertz CT molecular complexity index is 1440. The number of ether oxygens (including phenoxy) is 3. The third-order valence-electron chi connectivity index (χ3n) is 5.98. The number of Topliss-reactive ketones (excluding diaryl/α,β-unsaturated/α-hetero) is 1. The largest absolute Gasteiger partial charge is 0.473 e. The van der Waals surface area contributed by atoms with Crippen LogP contribution in [0.4, 0.5) is 27.6 Å². The van der Waals surface area contributed by atoms with Crippen molar-refractivity contribution in [1.82, 2.24) is 0 Å². The van der Waals surface area contributed by atoms with Crippen molar-refractivity contribution in [3.63, 3.8) is 0 Å². The minimum absolute atomic E-state index is 0.0482. The molecule has 204 valence electrons. The van der Waals surface area contributed by atoms with Crippen molar-refractivity contribution in [1.29, 1.82) is 0 Å². The van der Waals surface area contributed by atoms with Crippen LogP contribution in [0, 0.1) is 29.1 Å². The Morgan fingerprint density at radius 1 is 0.923 bits per heavy atom. The van der Waals surface area contributed by atoms with E-state index >= 15 is 0 Å². The fraction of sp³-hybridized carbons (Fsp3) is 0.214. The lowest BCUT2D eigenvalue weighted by Crippen LogP contribution is -2.29. The van der Waals surface area contributed by atoms with Crippen molar-refractivity contribution in [2.75, 3.05) is 18.0 Å². The number of nitrogens with zero attached hydrogens (tertiary/aromatic N) is 1. The lowest BCUT2D eigenvalue weighted by Gasteiger charge is -2.20. The molecule has 1 aliphatic rings. The Morgan fingerprint density at radius 3 is 2.10 bits per heavy atom. The van der Waals surface area contributed by atoms with Gasteiger partial charge in [0.2, 0.25) is 34.9 Å². The van der Waals surface area contributed by atoms with Crippen LogP contribution in [0.1, 0.15) is 36.7 Å². The van der Waals surface area contributed by atoms with Gasteiger partial charge in [-0.2, -0.15) is 8.78 Å². The number of carbonyl (C=O) groups excluding carboxylic acids is 2. The number of carbonyl (C=O) groups is 2. The van der Waals surface area contributed by atoms with Crippen LogP contribution < -0.4 is 19.1 Å². The van der Waals surface area contributed by atoms with E-state index in [-0.39, 0.29) is 22.8 Å². The molecule has 0 N–H and O–H groups in total. The molecule has 1 heterocycles. The Hall–Kier alpha value is -4.41. The predicted octanol–water partition coefficient (Wildman–Crippen LogP) is 6.22. The Kier molecular flexibility index (Phi) is 7.89. The normalized spacial score (nSPS) is 14.2. The third-order valence-corrected chi connectivity index (χ3v) is 5.98. The van der Waals surface area contributed by atoms with Gasteiger partial charge in [0, 0.05) is 24.8 Å². The van der Waals surface area contributed by atoms with Crippen LogP contribution in [0.25, 0.3) is 6.08 Å². The summed E-state index contributed by atoms with van der Waals surface area (Å²) in [6.07, 6.45) is -0.191. The molecule has 1 unspecified atom stereocenters. The van der Waals surface area contributed by atoms with Crippen LogP contribution in [-0.2, 0) is 4.79 Å². The first kappa shape index (κ1) is 27.6. The zero-order valence-corrected chi connectivity index (χ0v) is 21.0. The van der Waals surface area contributed by atoms with Crippen LogP contribution in [0.5, 0.6) is 17.2 Å². The number of hydrogen-bond donors (Lipinski definition) is 0. The van der Waals surface area contributed by atoms with E-state index in [4.69, 9.17) is 9.47 Å². The van der Waals surface area contributed by atoms with Gasteiger partial charge in [0.1, 0.15) is 11.5 Å². The molecule has 0 radical (unpaired) electrons. The predicted molar refractivity (Wildman–Crippen MR) is 131 cm³/mol. The van der Waals surface area contributed by atoms with E-state index in [1.165, 1.54) is 18.2 Å². The average molecular weight is 547 g/mol. The standard InChI is InChI=1S/C28H22F5NO5/c1-4-34(5-2)16-8-6-15(7-9-16)12-20-26(35)18-11-10-17(13-19(18)39-20)38-28(36)14(3)37-27-24(32)22(30)21(29)23(31)25(27)33/h6-14H,4-5H2,1-3H3/b20-12-. The summed E-state index contributed by atoms with van der Waals surface area (Å²) < 4.78 is 83.2. The van der Waals surface area contributed by atoms with Crippen molar-refractivity contribution in [3.05, 3.63) is 88.4 Å². The van der Waals surface area contributed by atoms with Crippen molar-refractivity contribution in [2.45, 2.75) is 26.9 Å². The van der Waals surface area contributed by atoms with Gasteiger partial charge in [-0.15, -0.1) is 0 Å². The van der Waals surface area contributed by atoms with E-state index in [1.807, 2.05) is 38.1 Å². The molecular weight excluding hydrogens is 525 g/mol. The lowest BCUT2D eigenvalue weighted by molar-refractivity contribution is -0.141. The molecule has 0 fully saturated rings. The van der Waals surface area contributed by atoms with Crippen molar-refractivity contribution in [3.8, 4) is 17.2 Å². The highest BCUT2D eigenvalue weighted by Crippen LogP contribution is 2.35.